The predicted molar refractivity (Wildman–Crippen MR) is 110 cm³/mol. The SMILES string of the molecule is CC(C)(CN1CCCC1=O)[C@H](OC(=O)c1ccccc1)C(=O)NC1CCCCC1. The number of carbonyl (C=O) groups is 3. The van der Waals surface area contributed by atoms with Crippen molar-refractivity contribution in [2.45, 2.75) is 70.9 Å². The number of hydrogen-bond donors (Lipinski definition) is 1. The van der Waals surface area contributed by atoms with Crippen molar-refractivity contribution in [1.82, 2.24) is 10.2 Å². The maximum atomic E-state index is 13.2. The molecule has 1 saturated carbocycles. The summed E-state index contributed by atoms with van der Waals surface area (Å²) < 4.78 is 5.76. The van der Waals surface area contributed by atoms with E-state index < -0.39 is 17.5 Å². The zero-order valence-corrected chi connectivity index (χ0v) is 17.5. The number of benzene rings is 1. The molecule has 3 rings (SSSR count). The van der Waals surface area contributed by atoms with Gasteiger partial charge in [0.25, 0.3) is 5.91 Å². The number of carbonyl (C=O) groups excluding carboxylic acids is 3. The van der Waals surface area contributed by atoms with Crippen molar-refractivity contribution in [3.05, 3.63) is 35.9 Å². The topological polar surface area (TPSA) is 75.7 Å². The second-order valence-corrected chi connectivity index (χ2v) is 8.90. The summed E-state index contributed by atoms with van der Waals surface area (Å²) in [7, 11) is 0. The standard InChI is InChI=1S/C23H32N2O4/c1-23(2,16-25-15-9-14-19(25)26)20(21(27)24-18-12-7-4-8-13-18)29-22(28)17-10-5-3-6-11-17/h3,5-6,10-11,18,20H,4,7-9,12-16H2,1-2H3,(H,24,27)/t20-/m1/s1. The molecule has 1 aromatic carbocycles. The molecule has 2 fully saturated rings. The molecule has 6 heteroatoms. The maximum absolute atomic E-state index is 13.2. The Labute approximate surface area is 173 Å². The van der Waals surface area contributed by atoms with E-state index in [1.807, 2.05) is 19.9 Å². The van der Waals surface area contributed by atoms with E-state index in [4.69, 9.17) is 4.74 Å². The zero-order valence-electron chi connectivity index (χ0n) is 17.5. The second kappa shape index (κ2) is 9.42. The van der Waals surface area contributed by atoms with E-state index in [1.54, 1.807) is 29.2 Å². The van der Waals surface area contributed by atoms with Crippen LogP contribution in [0.5, 0.6) is 0 Å². The lowest BCUT2D eigenvalue weighted by atomic mass is 9.84. The van der Waals surface area contributed by atoms with Crippen LogP contribution in [0, 0.1) is 5.41 Å². The molecule has 2 amide bonds. The molecule has 29 heavy (non-hydrogen) atoms. The quantitative estimate of drug-likeness (QED) is 0.713. The first kappa shape index (κ1) is 21.3. The van der Waals surface area contributed by atoms with E-state index in [0.717, 1.165) is 32.1 Å². The van der Waals surface area contributed by atoms with Crippen LogP contribution in [0.25, 0.3) is 0 Å². The van der Waals surface area contributed by atoms with Gasteiger partial charge < -0.3 is 15.0 Å². The third-order valence-electron chi connectivity index (χ3n) is 5.90. The number of likely N-dealkylation sites (tertiary alicyclic amines) is 1. The Balaban J connectivity index is 1.76. The van der Waals surface area contributed by atoms with Crippen LogP contribution >= 0.6 is 0 Å². The van der Waals surface area contributed by atoms with Crippen molar-refractivity contribution < 1.29 is 19.1 Å². The fraction of sp³-hybridized carbons (Fsp3) is 0.609. The van der Waals surface area contributed by atoms with Gasteiger partial charge in [0.2, 0.25) is 5.91 Å². The Morgan fingerprint density at radius 1 is 1.14 bits per heavy atom. The van der Waals surface area contributed by atoms with Crippen LogP contribution in [0.1, 0.15) is 69.2 Å². The number of nitrogens with zero attached hydrogens (tertiary/aromatic N) is 1. The van der Waals surface area contributed by atoms with Crippen LogP contribution in [0.15, 0.2) is 30.3 Å². The van der Waals surface area contributed by atoms with Gasteiger partial charge in [-0.15, -0.1) is 0 Å². The van der Waals surface area contributed by atoms with Crippen molar-refractivity contribution in [2.75, 3.05) is 13.1 Å². The van der Waals surface area contributed by atoms with E-state index in [0.29, 0.717) is 25.1 Å². The molecule has 1 aromatic rings. The first-order valence-electron chi connectivity index (χ1n) is 10.7. The Hall–Kier alpha value is -2.37. The van der Waals surface area contributed by atoms with E-state index >= 15 is 0 Å². The van der Waals surface area contributed by atoms with Gasteiger partial charge in [0.15, 0.2) is 6.10 Å². The fourth-order valence-electron chi connectivity index (χ4n) is 4.29. The number of esters is 1. The van der Waals surface area contributed by atoms with Gasteiger partial charge in [-0.1, -0.05) is 51.3 Å². The summed E-state index contributed by atoms with van der Waals surface area (Å²) in [5.74, 6) is -0.688. The largest absolute Gasteiger partial charge is 0.448 e. The summed E-state index contributed by atoms with van der Waals surface area (Å²) >= 11 is 0. The predicted octanol–water partition coefficient (Wildman–Crippen LogP) is 3.31. The van der Waals surface area contributed by atoms with E-state index in [9.17, 15) is 14.4 Å². The molecular formula is C23H32N2O4. The number of rotatable bonds is 7. The molecule has 1 aliphatic carbocycles. The van der Waals surface area contributed by atoms with Gasteiger partial charge in [-0.05, 0) is 31.4 Å². The normalized spacial score (nSPS) is 19.1. The summed E-state index contributed by atoms with van der Waals surface area (Å²) in [6.07, 6.45) is 5.71. The highest BCUT2D eigenvalue weighted by molar-refractivity contribution is 5.92. The Bertz CT molecular complexity index is 726. The highest BCUT2D eigenvalue weighted by Crippen LogP contribution is 2.29. The Morgan fingerprint density at radius 2 is 1.83 bits per heavy atom. The van der Waals surface area contributed by atoms with Crippen molar-refractivity contribution in [1.29, 1.82) is 0 Å². The lowest BCUT2D eigenvalue weighted by molar-refractivity contribution is -0.141. The van der Waals surface area contributed by atoms with E-state index in [-0.39, 0.29) is 17.9 Å². The smallest absolute Gasteiger partial charge is 0.338 e. The molecule has 1 aliphatic heterocycles. The molecule has 0 aromatic heterocycles. The fourth-order valence-corrected chi connectivity index (χ4v) is 4.29. The lowest BCUT2D eigenvalue weighted by Gasteiger charge is -2.37. The van der Waals surface area contributed by atoms with Crippen molar-refractivity contribution in [3.63, 3.8) is 0 Å². The Morgan fingerprint density at radius 3 is 2.45 bits per heavy atom. The molecule has 0 bridgehead atoms. The molecular weight excluding hydrogens is 368 g/mol. The zero-order chi connectivity index (χ0) is 20.9. The minimum atomic E-state index is -0.967. The molecule has 1 heterocycles. The Kier molecular flexibility index (Phi) is 6.93. The minimum absolute atomic E-state index is 0.0962. The molecule has 1 N–H and O–H groups in total. The number of amides is 2. The lowest BCUT2D eigenvalue weighted by Crippen LogP contribution is -2.53. The third kappa shape index (κ3) is 5.58. The van der Waals surface area contributed by atoms with Gasteiger partial charge in [0.05, 0.1) is 5.56 Å². The molecule has 0 unspecified atom stereocenters. The molecule has 6 nitrogen and oxygen atoms in total. The number of hydrogen-bond acceptors (Lipinski definition) is 4. The van der Waals surface area contributed by atoms with Gasteiger partial charge >= 0.3 is 5.97 Å². The van der Waals surface area contributed by atoms with Crippen molar-refractivity contribution in [2.24, 2.45) is 5.41 Å². The number of nitrogens with one attached hydrogen (secondary N) is 1. The first-order valence-corrected chi connectivity index (χ1v) is 10.7. The average molecular weight is 401 g/mol. The minimum Gasteiger partial charge on any atom is -0.448 e. The second-order valence-electron chi connectivity index (χ2n) is 8.90. The third-order valence-corrected chi connectivity index (χ3v) is 5.90. The maximum Gasteiger partial charge on any atom is 0.338 e. The highest BCUT2D eigenvalue weighted by Gasteiger charge is 2.42. The van der Waals surface area contributed by atoms with Gasteiger partial charge in [-0.3, -0.25) is 9.59 Å². The average Bonchev–Trinajstić information content (AvgIpc) is 3.11. The molecule has 0 spiro atoms. The van der Waals surface area contributed by atoms with Crippen LogP contribution in [-0.2, 0) is 14.3 Å². The van der Waals surface area contributed by atoms with Crippen molar-refractivity contribution in [3.8, 4) is 0 Å². The van der Waals surface area contributed by atoms with Crippen LogP contribution in [0.4, 0.5) is 0 Å². The van der Waals surface area contributed by atoms with Gasteiger partial charge in [0, 0.05) is 31.0 Å². The van der Waals surface area contributed by atoms with Crippen LogP contribution in [-0.4, -0.2) is 47.9 Å². The molecule has 1 saturated heterocycles. The van der Waals surface area contributed by atoms with Gasteiger partial charge in [0.1, 0.15) is 0 Å². The summed E-state index contributed by atoms with van der Waals surface area (Å²) in [6, 6.07) is 8.83. The summed E-state index contributed by atoms with van der Waals surface area (Å²) in [6.45, 7) is 4.85. The first-order chi connectivity index (χ1) is 13.9. The molecule has 0 radical (unpaired) electrons. The molecule has 158 valence electrons. The molecule has 2 aliphatic rings. The van der Waals surface area contributed by atoms with Gasteiger partial charge in [-0.2, -0.15) is 0 Å². The number of ether oxygens (including phenoxy) is 1. The highest BCUT2D eigenvalue weighted by atomic mass is 16.5. The van der Waals surface area contributed by atoms with Crippen molar-refractivity contribution >= 4 is 17.8 Å². The monoisotopic (exact) mass is 400 g/mol. The van der Waals surface area contributed by atoms with Crippen LogP contribution < -0.4 is 5.32 Å². The summed E-state index contributed by atoms with van der Waals surface area (Å²) in [5.41, 5.74) is -0.292. The summed E-state index contributed by atoms with van der Waals surface area (Å²) in [5, 5.41) is 3.10. The van der Waals surface area contributed by atoms with E-state index in [1.165, 1.54) is 6.42 Å². The van der Waals surface area contributed by atoms with Crippen LogP contribution in [0.2, 0.25) is 0 Å². The van der Waals surface area contributed by atoms with E-state index in [2.05, 4.69) is 5.32 Å². The van der Waals surface area contributed by atoms with Gasteiger partial charge in [-0.25, -0.2) is 4.79 Å². The van der Waals surface area contributed by atoms with Crippen LogP contribution in [0.3, 0.4) is 0 Å². The molecule has 1 atom stereocenters. The summed E-state index contributed by atoms with van der Waals surface area (Å²) in [4.78, 5) is 39.8.